The van der Waals surface area contributed by atoms with Crippen LogP contribution in [0, 0.1) is 0 Å². The van der Waals surface area contributed by atoms with Crippen molar-refractivity contribution in [3.05, 3.63) is 94.5 Å². The first-order valence-corrected chi connectivity index (χ1v) is 8.52. The van der Waals surface area contributed by atoms with Gasteiger partial charge in [0.25, 0.3) is 0 Å². The van der Waals surface area contributed by atoms with Crippen LogP contribution in [-0.4, -0.2) is 11.1 Å². The predicted octanol–water partition coefficient (Wildman–Crippen LogP) is 5.23. The second-order valence-electron chi connectivity index (χ2n) is 5.76. The second kappa shape index (κ2) is 8.41. The maximum absolute atomic E-state index is 11.0. The molecular formula is C21H18ClNO3. The molecule has 3 rings (SSSR count). The third-order valence-corrected chi connectivity index (χ3v) is 4.25. The van der Waals surface area contributed by atoms with Gasteiger partial charge < -0.3 is 15.2 Å². The maximum Gasteiger partial charge on any atom is 0.335 e. The summed E-state index contributed by atoms with van der Waals surface area (Å²) in [7, 11) is 0. The van der Waals surface area contributed by atoms with E-state index in [9.17, 15) is 4.79 Å². The van der Waals surface area contributed by atoms with Gasteiger partial charge in [-0.25, -0.2) is 4.79 Å². The number of hydrogen-bond acceptors (Lipinski definition) is 3. The molecule has 0 atom stereocenters. The fraction of sp³-hybridized carbons (Fsp3) is 0.0952. The topological polar surface area (TPSA) is 58.6 Å². The molecular weight excluding hydrogens is 350 g/mol. The highest BCUT2D eigenvalue weighted by atomic mass is 35.5. The Morgan fingerprint density at radius 2 is 1.77 bits per heavy atom. The van der Waals surface area contributed by atoms with Crippen LogP contribution in [0.1, 0.15) is 21.5 Å². The Bertz CT molecular complexity index is 894. The number of carboxylic acids is 1. The molecule has 26 heavy (non-hydrogen) atoms. The van der Waals surface area contributed by atoms with Crippen molar-refractivity contribution in [3.8, 4) is 5.75 Å². The quantitative estimate of drug-likeness (QED) is 0.600. The Morgan fingerprint density at radius 3 is 2.50 bits per heavy atom. The van der Waals surface area contributed by atoms with Crippen molar-refractivity contribution < 1.29 is 14.6 Å². The van der Waals surface area contributed by atoms with E-state index in [1.807, 2.05) is 54.6 Å². The number of hydrogen-bond donors (Lipinski definition) is 2. The average Bonchev–Trinajstić information content (AvgIpc) is 2.67. The number of rotatable bonds is 7. The van der Waals surface area contributed by atoms with Crippen molar-refractivity contribution >= 4 is 23.3 Å². The molecule has 4 nitrogen and oxygen atoms in total. The maximum atomic E-state index is 11.0. The minimum atomic E-state index is -0.936. The number of carbonyl (C=O) groups is 1. The van der Waals surface area contributed by atoms with E-state index in [2.05, 4.69) is 5.32 Å². The van der Waals surface area contributed by atoms with Gasteiger partial charge in [0, 0.05) is 22.8 Å². The first-order chi connectivity index (χ1) is 12.6. The smallest absolute Gasteiger partial charge is 0.335 e. The highest BCUT2D eigenvalue weighted by Crippen LogP contribution is 2.19. The summed E-state index contributed by atoms with van der Waals surface area (Å²) in [4.78, 5) is 11.0. The van der Waals surface area contributed by atoms with E-state index in [-0.39, 0.29) is 5.56 Å². The van der Waals surface area contributed by atoms with Crippen LogP contribution in [0.2, 0.25) is 5.02 Å². The zero-order valence-electron chi connectivity index (χ0n) is 14.0. The molecule has 0 spiro atoms. The SMILES string of the molecule is O=C(O)c1cccc(NCc2ccc(OCc3ccccc3Cl)cc2)c1. The molecule has 0 saturated carbocycles. The van der Waals surface area contributed by atoms with E-state index in [1.165, 1.54) is 0 Å². The van der Waals surface area contributed by atoms with Gasteiger partial charge in [0.05, 0.1) is 5.56 Å². The van der Waals surface area contributed by atoms with Gasteiger partial charge in [-0.1, -0.05) is 48.0 Å². The largest absolute Gasteiger partial charge is 0.489 e. The van der Waals surface area contributed by atoms with Crippen molar-refractivity contribution in [3.63, 3.8) is 0 Å². The zero-order valence-corrected chi connectivity index (χ0v) is 14.7. The highest BCUT2D eigenvalue weighted by Gasteiger charge is 2.04. The van der Waals surface area contributed by atoms with Crippen LogP contribution in [0.5, 0.6) is 5.75 Å². The molecule has 0 fully saturated rings. The van der Waals surface area contributed by atoms with E-state index < -0.39 is 5.97 Å². The summed E-state index contributed by atoms with van der Waals surface area (Å²) in [6.07, 6.45) is 0. The summed E-state index contributed by atoms with van der Waals surface area (Å²) in [5.41, 5.74) is 3.04. The Balaban J connectivity index is 1.55. The Kier molecular flexibility index (Phi) is 5.77. The molecule has 0 aliphatic rings. The van der Waals surface area contributed by atoms with Crippen LogP contribution in [-0.2, 0) is 13.2 Å². The lowest BCUT2D eigenvalue weighted by atomic mass is 10.2. The molecule has 0 radical (unpaired) electrons. The van der Waals surface area contributed by atoms with E-state index in [1.54, 1.807) is 18.2 Å². The number of anilines is 1. The lowest BCUT2D eigenvalue weighted by Crippen LogP contribution is -2.02. The molecule has 0 aliphatic carbocycles. The van der Waals surface area contributed by atoms with Crippen molar-refractivity contribution in [2.24, 2.45) is 0 Å². The monoisotopic (exact) mass is 367 g/mol. The van der Waals surface area contributed by atoms with Crippen molar-refractivity contribution in [2.45, 2.75) is 13.2 Å². The third-order valence-electron chi connectivity index (χ3n) is 3.88. The predicted molar refractivity (Wildman–Crippen MR) is 103 cm³/mol. The summed E-state index contributed by atoms with van der Waals surface area (Å²) in [5.74, 6) is -0.171. The number of nitrogens with one attached hydrogen (secondary N) is 1. The van der Waals surface area contributed by atoms with E-state index in [0.717, 1.165) is 22.6 Å². The van der Waals surface area contributed by atoms with Crippen LogP contribution < -0.4 is 10.1 Å². The summed E-state index contributed by atoms with van der Waals surface area (Å²) >= 11 is 6.12. The van der Waals surface area contributed by atoms with Gasteiger partial charge in [0.1, 0.15) is 12.4 Å². The zero-order chi connectivity index (χ0) is 18.4. The second-order valence-corrected chi connectivity index (χ2v) is 6.17. The first-order valence-electron chi connectivity index (χ1n) is 8.14. The van der Waals surface area contributed by atoms with E-state index >= 15 is 0 Å². The van der Waals surface area contributed by atoms with Crippen LogP contribution in [0.25, 0.3) is 0 Å². The number of ether oxygens (including phenoxy) is 1. The normalized spacial score (nSPS) is 10.3. The molecule has 0 heterocycles. The molecule has 3 aromatic carbocycles. The van der Waals surface area contributed by atoms with Crippen LogP contribution in [0.3, 0.4) is 0 Å². The molecule has 0 aromatic heterocycles. The molecule has 2 N–H and O–H groups in total. The van der Waals surface area contributed by atoms with Crippen molar-refractivity contribution in [1.82, 2.24) is 0 Å². The standard InChI is InChI=1S/C21H18ClNO3/c22-20-7-2-1-4-17(20)14-26-19-10-8-15(9-11-19)13-23-18-6-3-5-16(12-18)21(24)25/h1-12,23H,13-14H2,(H,24,25). The summed E-state index contributed by atoms with van der Waals surface area (Å²) < 4.78 is 5.76. The fourth-order valence-corrected chi connectivity index (χ4v) is 2.64. The van der Waals surface area contributed by atoms with Crippen LogP contribution in [0.4, 0.5) is 5.69 Å². The molecule has 0 bridgehead atoms. The van der Waals surface area contributed by atoms with Gasteiger partial charge in [-0.2, -0.15) is 0 Å². The van der Waals surface area contributed by atoms with Crippen LogP contribution >= 0.6 is 11.6 Å². The van der Waals surface area contributed by atoms with Gasteiger partial charge in [-0.05, 0) is 42.0 Å². The van der Waals surface area contributed by atoms with Gasteiger partial charge >= 0.3 is 5.97 Å². The Hall–Kier alpha value is -2.98. The Morgan fingerprint density at radius 1 is 1.00 bits per heavy atom. The molecule has 132 valence electrons. The molecule has 3 aromatic rings. The van der Waals surface area contributed by atoms with Crippen molar-refractivity contribution in [1.29, 1.82) is 0 Å². The van der Waals surface area contributed by atoms with Gasteiger partial charge in [0.15, 0.2) is 0 Å². The minimum absolute atomic E-state index is 0.262. The van der Waals surface area contributed by atoms with Crippen LogP contribution in [0.15, 0.2) is 72.8 Å². The molecule has 0 amide bonds. The lowest BCUT2D eigenvalue weighted by molar-refractivity contribution is 0.0697. The lowest BCUT2D eigenvalue weighted by Gasteiger charge is -2.10. The molecule has 0 unspecified atom stereocenters. The first kappa shape index (κ1) is 17.8. The summed E-state index contributed by atoms with van der Waals surface area (Å²) in [6.45, 7) is 1.01. The van der Waals surface area contributed by atoms with Gasteiger partial charge in [0.2, 0.25) is 0 Å². The van der Waals surface area contributed by atoms with Crippen molar-refractivity contribution in [2.75, 3.05) is 5.32 Å². The number of aromatic carboxylic acids is 1. The average molecular weight is 368 g/mol. The number of carboxylic acid groups (broad SMARTS) is 1. The third kappa shape index (κ3) is 4.77. The van der Waals surface area contributed by atoms with Gasteiger partial charge in [-0.3, -0.25) is 0 Å². The van der Waals surface area contributed by atoms with E-state index in [0.29, 0.717) is 18.2 Å². The summed E-state index contributed by atoms with van der Waals surface area (Å²) in [6, 6.07) is 22.1. The fourth-order valence-electron chi connectivity index (χ4n) is 2.45. The minimum Gasteiger partial charge on any atom is -0.489 e. The van der Waals surface area contributed by atoms with Gasteiger partial charge in [-0.15, -0.1) is 0 Å². The van der Waals surface area contributed by atoms with E-state index in [4.69, 9.17) is 21.4 Å². The number of halogens is 1. The molecule has 5 heteroatoms. The Labute approximate surface area is 157 Å². The molecule has 0 aliphatic heterocycles. The molecule has 0 saturated heterocycles. The summed E-state index contributed by atoms with van der Waals surface area (Å²) in [5, 5.41) is 12.9. The highest BCUT2D eigenvalue weighted by molar-refractivity contribution is 6.31. The number of benzene rings is 3.